The molecule has 1 fully saturated rings. The average molecular weight is 408 g/mol. The van der Waals surface area contributed by atoms with Crippen molar-refractivity contribution in [2.24, 2.45) is 0 Å². The van der Waals surface area contributed by atoms with Crippen LogP contribution in [0.5, 0.6) is 0 Å². The molecule has 30 heavy (non-hydrogen) atoms. The van der Waals surface area contributed by atoms with Crippen molar-refractivity contribution >= 4 is 23.2 Å². The molecule has 0 radical (unpaired) electrons. The van der Waals surface area contributed by atoms with Crippen molar-refractivity contribution in [3.8, 4) is 0 Å². The Labute approximate surface area is 179 Å². The van der Waals surface area contributed by atoms with Crippen LogP contribution in [0.3, 0.4) is 0 Å². The fourth-order valence-corrected chi connectivity index (χ4v) is 3.87. The van der Waals surface area contributed by atoms with Crippen molar-refractivity contribution in [3.63, 3.8) is 0 Å². The van der Waals surface area contributed by atoms with E-state index in [1.807, 2.05) is 55.5 Å². The van der Waals surface area contributed by atoms with Crippen LogP contribution in [0.25, 0.3) is 0 Å². The predicted octanol–water partition coefficient (Wildman–Crippen LogP) is 5.30. The van der Waals surface area contributed by atoms with Crippen molar-refractivity contribution < 1.29 is 9.59 Å². The number of carbonyl (C=O) groups is 2. The van der Waals surface area contributed by atoms with Crippen LogP contribution >= 0.6 is 0 Å². The molecule has 160 valence electrons. The molecule has 1 unspecified atom stereocenters. The monoisotopic (exact) mass is 407 g/mol. The highest BCUT2D eigenvalue weighted by atomic mass is 16.2. The summed E-state index contributed by atoms with van der Waals surface area (Å²) in [5.41, 5.74) is 3.30. The molecule has 1 heterocycles. The van der Waals surface area contributed by atoms with Crippen LogP contribution < -0.4 is 15.5 Å². The zero-order valence-corrected chi connectivity index (χ0v) is 18.1. The highest BCUT2D eigenvalue weighted by Crippen LogP contribution is 2.28. The fourth-order valence-electron chi connectivity index (χ4n) is 3.87. The van der Waals surface area contributed by atoms with Crippen molar-refractivity contribution in [1.82, 2.24) is 5.32 Å². The van der Waals surface area contributed by atoms with E-state index >= 15 is 0 Å². The maximum Gasteiger partial charge on any atom is 0.253 e. The number of carbonyl (C=O) groups excluding carboxylic acids is 2. The number of hydrogen-bond acceptors (Lipinski definition) is 3. The highest BCUT2D eigenvalue weighted by Gasteiger charge is 2.21. The zero-order chi connectivity index (χ0) is 21.3. The van der Waals surface area contributed by atoms with E-state index in [1.165, 1.54) is 6.42 Å². The first-order chi connectivity index (χ1) is 14.6. The third-order valence-corrected chi connectivity index (χ3v) is 5.63. The van der Waals surface area contributed by atoms with Crippen molar-refractivity contribution in [1.29, 1.82) is 0 Å². The van der Waals surface area contributed by atoms with Gasteiger partial charge in [0.25, 0.3) is 5.91 Å². The molecule has 0 aromatic heterocycles. The minimum absolute atomic E-state index is 0.00779. The van der Waals surface area contributed by atoms with Crippen LogP contribution in [0.1, 0.15) is 74.3 Å². The minimum atomic E-state index is -0.114. The van der Waals surface area contributed by atoms with Crippen molar-refractivity contribution in [2.45, 2.75) is 58.4 Å². The molecule has 5 nitrogen and oxygen atoms in total. The molecular weight excluding hydrogens is 374 g/mol. The number of nitrogens with one attached hydrogen (secondary N) is 2. The lowest BCUT2D eigenvalue weighted by Gasteiger charge is -2.31. The number of piperidine rings is 1. The number of anilines is 2. The largest absolute Gasteiger partial charge is 0.371 e. The molecule has 1 saturated heterocycles. The summed E-state index contributed by atoms with van der Waals surface area (Å²) in [4.78, 5) is 27.7. The van der Waals surface area contributed by atoms with Gasteiger partial charge in [0, 0.05) is 30.9 Å². The Kier molecular flexibility index (Phi) is 7.89. The summed E-state index contributed by atoms with van der Waals surface area (Å²) in [7, 11) is 0. The Bertz CT molecular complexity index is 845. The van der Waals surface area contributed by atoms with Gasteiger partial charge < -0.3 is 15.5 Å². The molecule has 0 saturated carbocycles. The summed E-state index contributed by atoms with van der Waals surface area (Å²) in [6.45, 7) is 5.97. The summed E-state index contributed by atoms with van der Waals surface area (Å²) in [5, 5.41) is 6.08. The molecule has 3 rings (SSSR count). The average Bonchev–Trinajstić information content (AvgIpc) is 2.78. The Balaban J connectivity index is 1.82. The number of hydrogen-bond donors (Lipinski definition) is 2. The van der Waals surface area contributed by atoms with E-state index in [1.54, 1.807) is 0 Å². The Morgan fingerprint density at radius 1 is 1.03 bits per heavy atom. The van der Waals surface area contributed by atoms with E-state index in [-0.39, 0.29) is 17.9 Å². The molecule has 2 N–H and O–H groups in total. The standard InChI is InChI=1S/C25H33N3O2/c1-3-4-13-24(29)27-21-14-15-23(28-16-9-6-10-17-28)22(18-21)25(30)26-19(2)20-11-7-5-8-12-20/h5,7-8,11-12,14-15,18-19H,3-4,6,9-10,13,16-17H2,1-2H3,(H,26,30)(H,27,29). The molecule has 2 aromatic carbocycles. The summed E-state index contributed by atoms with van der Waals surface area (Å²) >= 11 is 0. The first kappa shape index (κ1) is 21.9. The second kappa shape index (κ2) is 10.8. The molecule has 1 atom stereocenters. The van der Waals surface area contributed by atoms with Crippen LogP contribution in [0.4, 0.5) is 11.4 Å². The summed E-state index contributed by atoms with van der Waals surface area (Å²) in [6.07, 6.45) is 5.84. The molecule has 1 aliphatic heterocycles. The first-order valence-electron chi connectivity index (χ1n) is 11.1. The van der Waals surface area contributed by atoms with Gasteiger partial charge in [-0.25, -0.2) is 0 Å². The van der Waals surface area contributed by atoms with E-state index in [9.17, 15) is 9.59 Å². The van der Waals surface area contributed by atoms with Gasteiger partial charge in [-0.3, -0.25) is 9.59 Å². The quantitative estimate of drug-likeness (QED) is 0.624. The highest BCUT2D eigenvalue weighted by molar-refractivity contribution is 6.02. The first-order valence-corrected chi connectivity index (χ1v) is 11.1. The van der Waals surface area contributed by atoms with E-state index < -0.39 is 0 Å². The van der Waals surface area contributed by atoms with Gasteiger partial charge >= 0.3 is 0 Å². The van der Waals surface area contributed by atoms with Gasteiger partial charge in [-0.15, -0.1) is 0 Å². The number of nitrogens with zero attached hydrogens (tertiary/aromatic N) is 1. The zero-order valence-electron chi connectivity index (χ0n) is 18.1. The Morgan fingerprint density at radius 2 is 1.77 bits per heavy atom. The summed E-state index contributed by atoms with van der Waals surface area (Å²) in [5.74, 6) is -0.122. The summed E-state index contributed by atoms with van der Waals surface area (Å²) < 4.78 is 0. The van der Waals surface area contributed by atoms with Gasteiger partial charge in [0.15, 0.2) is 0 Å². The maximum atomic E-state index is 13.3. The smallest absolute Gasteiger partial charge is 0.253 e. The van der Waals surface area contributed by atoms with Gasteiger partial charge in [-0.1, -0.05) is 43.7 Å². The lowest BCUT2D eigenvalue weighted by molar-refractivity contribution is -0.116. The van der Waals surface area contributed by atoms with Crippen LogP contribution in [0.2, 0.25) is 0 Å². The van der Waals surface area contributed by atoms with Gasteiger partial charge in [0.1, 0.15) is 0 Å². The van der Waals surface area contributed by atoms with Gasteiger partial charge in [-0.05, 0) is 56.4 Å². The molecular formula is C25H33N3O2. The Morgan fingerprint density at radius 3 is 2.47 bits per heavy atom. The van der Waals surface area contributed by atoms with Crippen LogP contribution in [-0.4, -0.2) is 24.9 Å². The number of unbranched alkanes of at least 4 members (excludes halogenated alkanes) is 1. The summed E-state index contributed by atoms with van der Waals surface area (Å²) in [6, 6.07) is 15.6. The van der Waals surface area contributed by atoms with Crippen molar-refractivity contribution in [3.05, 3.63) is 59.7 Å². The molecule has 5 heteroatoms. The van der Waals surface area contributed by atoms with E-state index in [0.29, 0.717) is 17.7 Å². The van der Waals surface area contributed by atoms with Crippen LogP contribution in [0.15, 0.2) is 48.5 Å². The topological polar surface area (TPSA) is 61.4 Å². The number of amides is 2. The molecule has 1 aliphatic rings. The van der Waals surface area contributed by atoms with Gasteiger partial charge in [0.2, 0.25) is 5.91 Å². The molecule has 0 bridgehead atoms. The maximum absolute atomic E-state index is 13.3. The second-order valence-electron chi connectivity index (χ2n) is 8.04. The number of benzene rings is 2. The molecule has 0 aliphatic carbocycles. The van der Waals surface area contributed by atoms with Gasteiger partial charge in [0.05, 0.1) is 11.6 Å². The SMILES string of the molecule is CCCCC(=O)Nc1ccc(N2CCCCC2)c(C(=O)NC(C)c2ccccc2)c1. The normalized spacial score (nSPS) is 14.8. The van der Waals surface area contributed by atoms with E-state index in [0.717, 1.165) is 50.0 Å². The van der Waals surface area contributed by atoms with E-state index in [4.69, 9.17) is 0 Å². The Hall–Kier alpha value is -2.82. The van der Waals surface area contributed by atoms with Gasteiger partial charge in [-0.2, -0.15) is 0 Å². The molecule has 2 amide bonds. The fraction of sp³-hybridized carbons (Fsp3) is 0.440. The van der Waals surface area contributed by atoms with Crippen molar-refractivity contribution in [2.75, 3.05) is 23.3 Å². The number of rotatable bonds is 8. The molecule has 0 spiro atoms. The van der Waals surface area contributed by atoms with Crippen LogP contribution in [0, 0.1) is 0 Å². The lowest BCUT2D eigenvalue weighted by atomic mass is 10.0. The second-order valence-corrected chi connectivity index (χ2v) is 8.04. The minimum Gasteiger partial charge on any atom is -0.371 e. The third-order valence-electron chi connectivity index (χ3n) is 5.63. The van der Waals surface area contributed by atoms with Crippen LogP contribution in [-0.2, 0) is 4.79 Å². The third kappa shape index (κ3) is 5.85. The van der Waals surface area contributed by atoms with E-state index in [2.05, 4.69) is 22.5 Å². The lowest BCUT2D eigenvalue weighted by Crippen LogP contribution is -2.33. The molecule has 2 aromatic rings. The predicted molar refractivity (Wildman–Crippen MR) is 123 cm³/mol.